The molecule has 0 aromatic heterocycles. The molecule has 1 saturated heterocycles. The van der Waals surface area contributed by atoms with Gasteiger partial charge in [0, 0.05) is 13.0 Å². The third kappa shape index (κ3) is 4.42. The van der Waals surface area contributed by atoms with Crippen molar-refractivity contribution in [1.29, 1.82) is 0 Å². The first-order valence-electron chi connectivity index (χ1n) is 6.85. The van der Waals surface area contributed by atoms with Gasteiger partial charge in [-0.3, -0.25) is 0 Å². The number of amides is 1. The van der Waals surface area contributed by atoms with Crippen LogP contribution in [0.15, 0.2) is 18.2 Å². The Hall–Kier alpha value is -1.13. The number of nitrogens with zero attached hydrogens (tertiary/aromatic N) is 1. The lowest BCUT2D eigenvalue weighted by Gasteiger charge is -2.24. The van der Waals surface area contributed by atoms with Gasteiger partial charge < -0.3 is 14.4 Å². The maximum absolute atomic E-state index is 12.0. The van der Waals surface area contributed by atoms with Crippen LogP contribution >= 0.6 is 23.2 Å². The molecule has 0 saturated carbocycles. The van der Waals surface area contributed by atoms with E-state index in [9.17, 15) is 4.79 Å². The average Bonchev–Trinajstić information content (AvgIpc) is 2.82. The molecule has 0 spiro atoms. The van der Waals surface area contributed by atoms with Crippen molar-refractivity contribution in [2.24, 2.45) is 0 Å². The summed E-state index contributed by atoms with van der Waals surface area (Å²) in [6.45, 7) is 6.64. The molecule has 1 aromatic carbocycles. The molecule has 0 radical (unpaired) electrons. The summed E-state index contributed by atoms with van der Waals surface area (Å²) in [7, 11) is 0. The molecule has 1 atom stereocenters. The van der Waals surface area contributed by atoms with Crippen LogP contribution in [0, 0.1) is 0 Å². The summed E-state index contributed by atoms with van der Waals surface area (Å²) in [6.07, 6.45) is 0.321. The first-order chi connectivity index (χ1) is 9.76. The van der Waals surface area contributed by atoms with E-state index in [2.05, 4.69) is 0 Å². The third-order valence-corrected chi connectivity index (χ3v) is 3.81. The van der Waals surface area contributed by atoms with Crippen molar-refractivity contribution in [3.8, 4) is 5.75 Å². The van der Waals surface area contributed by atoms with E-state index in [1.807, 2.05) is 20.8 Å². The van der Waals surface area contributed by atoms with E-state index in [4.69, 9.17) is 32.7 Å². The number of halogens is 2. The quantitative estimate of drug-likeness (QED) is 0.807. The number of likely N-dealkylation sites (tertiary alicyclic amines) is 1. The lowest BCUT2D eigenvalue weighted by Crippen LogP contribution is -2.36. The number of hydrogen-bond donors (Lipinski definition) is 0. The summed E-state index contributed by atoms with van der Waals surface area (Å²) in [5.41, 5.74) is -0.494. The zero-order chi connectivity index (χ0) is 15.6. The van der Waals surface area contributed by atoms with Crippen LogP contribution in [0.25, 0.3) is 0 Å². The van der Waals surface area contributed by atoms with Gasteiger partial charge in [-0.25, -0.2) is 4.79 Å². The van der Waals surface area contributed by atoms with Gasteiger partial charge >= 0.3 is 6.09 Å². The number of ether oxygens (including phenoxy) is 2. The van der Waals surface area contributed by atoms with Gasteiger partial charge in [0.2, 0.25) is 0 Å². The predicted octanol–water partition coefficient (Wildman–Crippen LogP) is 4.38. The summed E-state index contributed by atoms with van der Waals surface area (Å²) < 4.78 is 11.2. The van der Waals surface area contributed by atoms with Gasteiger partial charge in [-0.15, -0.1) is 0 Å². The Bertz CT molecular complexity index is 528. The Morgan fingerprint density at radius 3 is 2.71 bits per heavy atom. The highest BCUT2D eigenvalue weighted by molar-refractivity contribution is 6.42. The Balaban J connectivity index is 1.94. The second-order valence-electron chi connectivity index (χ2n) is 6.01. The molecular weight excluding hydrogens is 313 g/mol. The first-order valence-corrected chi connectivity index (χ1v) is 7.60. The molecule has 4 nitrogen and oxygen atoms in total. The normalized spacial score (nSPS) is 18.7. The SMILES string of the molecule is CC(C)(C)OC(=O)N1CCC(Oc2cccc(Cl)c2Cl)C1. The zero-order valence-corrected chi connectivity index (χ0v) is 13.9. The highest BCUT2D eigenvalue weighted by Gasteiger charge is 2.31. The standard InChI is InChI=1S/C15H19Cl2NO3/c1-15(2,3)21-14(19)18-8-7-10(9-18)20-12-6-4-5-11(16)13(12)17/h4-6,10H,7-9H2,1-3H3. The molecule has 21 heavy (non-hydrogen) atoms. The van der Waals surface area contributed by atoms with Crippen molar-refractivity contribution in [3.05, 3.63) is 28.2 Å². The van der Waals surface area contributed by atoms with Crippen LogP contribution in [0.2, 0.25) is 10.0 Å². The molecule has 1 aliphatic heterocycles. The molecule has 116 valence electrons. The van der Waals surface area contributed by atoms with Crippen molar-refractivity contribution < 1.29 is 14.3 Å². The van der Waals surface area contributed by atoms with Crippen molar-refractivity contribution in [2.45, 2.75) is 38.9 Å². The molecule has 0 aliphatic carbocycles. The van der Waals surface area contributed by atoms with Gasteiger partial charge in [0.15, 0.2) is 0 Å². The van der Waals surface area contributed by atoms with Crippen molar-refractivity contribution in [2.75, 3.05) is 13.1 Å². The fourth-order valence-corrected chi connectivity index (χ4v) is 2.41. The van der Waals surface area contributed by atoms with Gasteiger partial charge in [-0.2, -0.15) is 0 Å². The zero-order valence-electron chi connectivity index (χ0n) is 12.4. The fraction of sp³-hybridized carbons (Fsp3) is 0.533. The van der Waals surface area contributed by atoms with E-state index >= 15 is 0 Å². The van der Waals surface area contributed by atoms with E-state index in [1.165, 1.54) is 0 Å². The largest absolute Gasteiger partial charge is 0.487 e. The smallest absolute Gasteiger partial charge is 0.410 e. The summed E-state index contributed by atoms with van der Waals surface area (Å²) in [4.78, 5) is 13.6. The van der Waals surface area contributed by atoms with Gasteiger partial charge in [-0.1, -0.05) is 29.3 Å². The second kappa shape index (κ2) is 6.32. The van der Waals surface area contributed by atoms with Crippen LogP contribution in [-0.4, -0.2) is 35.8 Å². The molecular formula is C15H19Cl2NO3. The molecule has 1 amide bonds. The molecule has 0 N–H and O–H groups in total. The summed E-state index contributed by atoms with van der Waals surface area (Å²) in [5.74, 6) is 0.542. The number of rotatable bonds is 2. The minimum absolute atomic E-state index is 0.103. The number of carbonyl (C=O) groups is 1. The van der Waals surface area contributed by atoms with Crippen LogP contribution in [0.1, 0.15) is 27.2 Å². The molecule has 1 aliphatic rings. The Morgan fingerprint density at radius 1 is 1.33 bits per heavy atom. The Kier molecular flexibility index (Phi) is 4.89. The van der Waals surface area contributed by atoms with E-state index < -0.39 is 5.60 Å². The second-order valence-corrected chi connectivity index (χ2v) is 6.79. The highest BCUT2D eigenvalue weighted by atomic mass is 35.5. The van der Waals surface area contributed by atoms with E-state index in [0.29, 0.717) is 28.9 Å². The number of carbonyl (C=O) groups excluding carboxylic acids is 1. The van der Waals surface area contributed by atoms with Gasteiger partial charge in [0.25, 0.3) is 0 Å². The molecule has 0 bridgehead atoms. The average molecular weight is 332 g/mol. The summed E-state index contributed by atoms with van der Waals surface area (Å²) in [5, 5.41) is 0.853. The number of hydrogen-bond acceptors (Lipinski definition) is 3. The van der Waals surface area contributed by atoms with E-state index in [-0.39, 0.29) is 12.2 Å². The van der Waals surface area contributed by atoms with Crippen LogP contribution in [0.5, 0.6) is 5.75 Å². The number of benzene rings is 1. The molecule has 1 aromatic rings. The third-order valence-electron chi connectivity index (χ3n) is 3.01. The Morgan fingerprint density at radius 2 is 2.05 bits per heavy atom. The summed E-state index contributed by atoms with van der Waals surface area (Å²) >= 11 is 12.1. The van der Waals surface area contributed by atoms with Crippen LogP contribution in [0.3, 0.4) is 0 Å². The van der Waals surface area contributed by atoms with Crippen molar-refractivity contribution >= 4 is 29.3 Å². The Labute approximate surface area is 134 Å². The monoisotopic (exact) mass is 331 g/mol. The maximum atomic E-state index is 12.0. The highest BCUT2D eigenvalue weighted by Crippen LogP contribution is 2.33. The fourth-order valence-electron chi connectivity index (χ4n) is 2.07. The lowest BCUT2D eigenvalue weighted by atomic mass is 10.2. The predicted molar refractivity (Wildman–Crippen MR) is 83.3 cm³/mol. The molecule has 6 heteroatoms. The van der Waals surface area contributed by atoms with Crippen molar-refractivity contribution in [3.63, 3.8) is 0 Å². The van der Waals surface area contributed by atoms with Crippen LogP contribution in [0.4, 0.5) is 4.79 Å². The van der Waals surface area contributed by atoms with E-state index in [1.54, 1.807) is 23.1 Å². The lowest BCUT2D eigenvalue weighted by molar-refractivity contribution is 0.0276. The molecule has 2 rings (SSSR count). The molecule has 1 heterocycles. The first kappa shape index (κ1) is 16.2. The molecule has 1 unspecified atom stereocenters. The molecule has 1 fully saturated rings. The van der Waals surface area contributed by atoms with Gasteiger partial charge in [0.1, 0.15) is 22.5 Å². The topological polar surface area (TPSA) is 38.8 Å². The van der Waals surface area contributed by atoms with Gasteiger partial charge in [0.05, 0.1) is 11.6 Å². The van der Waals surface area contributed by atoms with Crippen LogP contribution < -0.4 is 4.74 Å². The maximum Gasteiger partial charge on any atom is 0.410 e. The van der Waals surface area contributed by atoms with Crippen LogP contribution in [-0.2, 0) is 4.74 Å². The van der Waals surface area contributed by atoms with Gasteiger partial charge in [-0.05, 0) is 32.9 Å². The summed E-state index contributed by atoms with van der Waals surface area (Å²) in [6, 6.07) is 5.26. The minimum atomic E-state index is -0.494. The van der Waals surface area contributed by atoms with Crippen molar-refractivity contribution in [1.82, 2.24) is 4.90 Å². The van der Waals surface area contributed by atoms with E-state index in [0.717, 1.165) is 6.42 Å². The minimum Gasteiger partial charge on any atom is -0.487 e.